The predicted molar refractivity (Wildman–Crippen MR) is 90.2 cm³/mol. The molecule has 2 aromatic carbocycles. The first-order chi connectivity index (χ1) is 11.0. The van der Waals surface area contributed by atoms with Gasteiger partial charge in [0.05, 0.1) is 16.6 Å². The highest BCUT2D eigenvalue weighted by Gasteiger charge is 2.25. The third-order valence-corrected chi connectivity index (χ3v) is 4.48. The van der Waals surface area contributed by atoms with Crippen molar-refractivity contribution < 1.29 is 19.0 Å². The van der Waals surface area contributed by atoms with Crippen molar-refractivity contribution in [2.45, 2.75) is 33.5 Å². The molecule has 23 heavy (non-hydrogen) atoms. The lowest BCUT2D eigenvalue weighted by Crippen LogP contribution is -2.11. The van der Waals surface area contributed by atoms with Gasteiger partial charge in [-0.05, 0) is 34.0 Å². The molecular formula is C18H18BrFO3. The van der Waals surface area contributed by atoms with Crippen molar-refractivity contribution in [1.29, 1.82) is 0 Å². The van der Waals surface area contributed by atoms with Crippen LogP contribution < -0.4 is 4.74 Å². The molecule has 122 valence electrons. The molecule has 0 radical (unpaired) electrons. The fourth-order valence-electron chi connectivity index (χ4n) is 2.37. The Morgan fingerprint density at radius 3 is 2.52 bits per heavy atom. The smallest absolute Gasteiger partial charge is 0.166 e. The van der Waals surface area contributed by atoms with Gasteiger partial charge in [0, 0.05) is 12.0 Å². The topological polar surface area (TPSA) is 46.5 Å². The van der Waals surface area contributed by atoms with Crippen LogP contribution in [0.3, 0.4) is 0 Å². The molecule has 0 bridgehead atoms. The highest BCUT2D eigenvalue weighted by Crippen LogP contribution is 2.38. The molecule has 0 fully saturated rings. The number of hydrogen-bond acceptors (Lipinski definition) is 3. The van der Waals surface area contributed by atoms with Gasteiger partial charge >= 0.3 is 0 Å². The van der Waals surface area contributed by atoms with Crippen LogP contribution in [0.5, 0.6) is 5.75 Å². The number of hydrogen-bond donors (Lipinski definition) is 1. The van der Waals surface area contributed by atoms with Gasteiger partial charge in [0.1, 0.15) is 18.2 Å². The average molecular weight is 381 g/mol. The van der Waals surface area contributed by atoms with Gasteiger partial charge in [0.15, 0.2) is 5.78 Å². The summed E-state index contributed by atoms with van der Waals surface area (Å²) in [6.07, 6.45) is 0.243. The SMILES string of the molecule is CCC(=O)c1c(C)c(F)c(CO)c(Br)c1OCc1ccccc1. The van der Waals surface area contributed by atoms with E-state index in [2.05, 4.69) is 15.9 Å². The Kier molecular flexibility index (Phi) is 5.91. The number of carbonyl (C=O) groups excluding carboxylic acids is 1. The Morgan fingerprint density at radius 2 is 1.96 bits per heavy atom. The molecule has 2 aromatic rings. The van der Waals surface area contributed by atoms with Crippen LogP contribution in [-0.4, -0.2) is 10.9 Å². The van der Waals surface area contributed by atoms with Crippen LogP contribution in [0.2, 0.25) is 0 Å². The van der Waals surface area contributed by atoms with E-state index in [4.69, 9.17) is 4.74 Å². The Hall–Kier alpha value is -1.72. The van der Waals surface area contributed by atoms with Crippen LogP contribution in [0.15, 0.2) is 34.8 Å². The second-order valence-electron chi connectivity index (χ2n) is 5.14. The maximum absolute atomic E-state index is 14.4. The van der Waals surface area contributed by atoms with Crippen LogP contribution in [0.1, 0.15) is 40.4 Å². The van der Waals surface area contributed by atoms with E-state index in [1.165, 1.54) is 6.92 Å². The summed E-state index contributed by atoms with van der Waals surface area (Å²) in [5.41, 5.74) is 1.46. The molecule has 5 heteroatoms. The first-order valence-electron chi connectivity index (χ1n) is 7.32. The molecule has 0 saturated carbocycles. The lowest BCUT2D eigenvalue weighted by Gasteiger charge is -2.18. The van der Waals surface area contributed by atoms with Gasteiger partial charge in [-0.25, -0.2) is 4.39 Å². The van der Waals surface area contributed by atoms with Crippen molar-refractivity contribution in [3.8, 4) is 5.75 Å². The second kappa shape index (κ2) is 7.70. The number of carbonyl (C=O) groups is 1. The van der Waals surface area contributed by atoms with Crippen molar-refractivity contribution in [2.24, 2.45) is 0 Å². The molecule has 3 nitrogen and oxygen atoms in total. The molecule has 0 aliphatic rings. The zero-order valence-electron chi connectivity index (χ0n) is 13.0. The summed E-state index contributed by atoms with van der Waals surface area (Å²) in [6, 6.07) is 9.48. The molecule has 0 unspecified atom stereocenters. The van der Waals surface area contributed by atoms with Gasteiger partial charge in [0.25, 0.3) is 0 Å². The summed E-state index contributed by atoms with van der Waals surface area (Å²) in [5.74, 6) is -0.499. The molecule has 0 amide bonds. The van der Waals surface area contributed by atoms with E-state index in [-0.39, 0.29) is 45.7 Å². The monoisotopic (exact) mass is 380 g/mol. The molecule has 0 aliphatic heterocycles. The molecule has 0 aliphatic carbocycles. The Balaban J connectivity index is 2.50. The molecular weight excluding hydrogens is 363 g/mol. The first-order valence-corrected chi connectivity index (χ1v) is 8.11. The van der Waals surface area contributed by atoms with Crippen LogP contribution in [0.4, 0.5) is 4.39 Å². The van der Waals surface area contributed by atoms with Crippen LogP contribution >= 0.6 is 15.9 Å². The molecule has 0 heterocycles. The lowest BCUT2D eigenvalue weighted by atomic mass is 9.98. The maximum Gasteiger partial charge on any atom is 0.166 e. The van der Waals surface area contributed by atoms with Gasteiger partial charge < -0.3 is 9.84 Å². The predicted octanol–water partition coefficient (Wildman–Crippen LogP) is 4.56. The summed E-state index contributed by atoms with van der Waals surface area (Å²) in [5, 5.41) is 9.41. The number of aliphatic hydroxyl groups excluding tert-OH is 1. The van der Waals surface area contributed by atoms with E-state index in [1.807, 2.05) is 30.3 Å². The van der Waals surface area contributed by atoms with Crippen LogP contribution in [0.25, 0.3) is 0 Å². The van der Waals surface area contributed by atoms with E-state index in [9.17, 15) is 14.3 Å². The molecule has 0 saturated heterocycles. The van der Waals surface area contributed by atoms with Crippen LogP contribution in [-0.2, 0) is 13.2 Å². The van der Waals surface area contributed by atoms with Crippen molar-refractivity contribution in [2.75, 3.05) is 0 Å². The number of Topliss-reactive ketones (excluding diaryl/α,β-unsaturated/α-hetero) is 1. The molecule has 0 atom stereocenters. The minimum absolute atomic E-state index is 0.0956. The lowest BCUT2D eigenvalue weighted by molar-refractivity contribution is 0.0982. The van der Waals surface area contributed by atoms with Gasteiger partial charge in [-0.2, -0.15) is 0 Å². The standard InChI is InChI=1S/C18H18BrFO3/c1-3-14(22)15-11(2)17(20)13(9-21)16(19)18(15)23-10-12-7-5-4-6-8-12/h4-8,21H,3,9-10H2,1-2H3. The number of halogens is 2. The fourth-order valence-corrected chi connectivity index (χ4v) is 2.98. The van der Waals surface area contributed by atoms with Crippen LogP contribution in [0, 0.1) is 12.7 Å². The number of benzene rings is 2. The summed E-state index contributed by atoms with van der Waals surface area (Å²) in [4.78, 5) is 12.2. The minimum atomic E-state index is -0.580. The maximum atomic E-state index is 14.4. The van der Waals surface area contributed by atoms with Gasteiger partial charge in [-0.15, -0.1) is 0 Å². The van der Waals surface area contributed by atoms with E-state index in [0.717, 1.165) is 5.56 Å². The van der Waals surface area contributed by atoms with E-state index < -0.39 is 12.4 Å². The van der Waals surface area contributed by atoms with Gasteiger partial charge in [-0.1, -0.05) is 37.3 Å². The van der Waals surface area contributed by atoms with Crippen molar-refractivity contribution in [3.63, 3.8) is 0 Å². The molecule has 2 rings (SSSR count). The Bertz CT molecular complexity index is 714. The first kappa shape index (κ1) is 17.6. The van der Waals surface area contributed by atoms with Crippen molar-refractivity contribution in [3.05, 3.63) is 62.9 Å². The largest absolute Gasteiger partial charge is 0.487 e. The highest BCUT2D eigenvalue weighted by molar-refractivity contribution is 9.10. The molecule has 1 N–H and O–H groups in total. The molecule has 0 aromatic heterocycles. The number of aliphatic hydroxyl groups is 1. The summed E-state index contributed by atoms with van der Waals surface area (Å²) >= 11 is 3.27. The number of rotatable bonds is 6. The minimum Gasteiger partial charge on any atom is -0.487 e. The Morgan fingerprint density at radius 1 is 1.30 bits per heavy atom. The third kappa shape index (κ3) is 3.62. The number of ketones is 1. The van der Waals surface area contributed by atoms with E-state index in [0.29, 0.717) is 0 Å². The van der Waals surface area contributed by atoms with Gasteiger partial charge in [-0.3, -0.25) is 4.79 Å². The molecule has 0 spiro atoms. The number of ether oxygens (including phenoxy) is 1. The second-order valence-corrected chi connectivity index (χ2v) is 5.94. The summed E-state index contributed by atoms with van der Waals surface area (Å²) in [7, 11) is 0. The van der Waals surface area contributed by atoms with E-state index in [1.54, 1.807) is 6.92 Å². The third-order valence-electron chi connectivity index (χ3n) is 3.64. The van der Waals surface area contributed by atoms with Crippen molar-refractivity contribution in [1.82, 2.24) is 0 Å². The zero-order valence-corrected chi connectivity index (χ0v) is 14.6. The van der Waals surface area contributed by atoms with E-state index >= 15 is 0 Å². The summed E-state index contributed by atoms with van der Waals surface area (Å²) in [6.45, 7) is 3.02. The quantitative estimate of drug-likeness (QED) is 0.747. The highest BCUT2D eigenvalue weighted by atomic mass is 79.9. The van der Waals surface area contributed by atoms with Crippen molar-refractivity contribution >= 4 is 21.7 Å². The Labute approximate surface area is 143 Å². The average Bonchev–Trinajstić information content (AvgIpc) is 2.57. The van der Waals surface area contributed by atoms with Gasteiger partial charge in [0.2, 0.25) is 0 Å². The summed E-state index contributed by atoms with van der Waals surface area (Å²) < 4.78 is 20.5. The fraction of sp³-hybridized carbons (Fsp3) is 0.278. The zero-order chi connectivity index (χ0) is 17.0. The normalized spacial score (nSPS) is 10.7.